The Hall–Kier alpha value is -6.56. The molecule has 3 aromatic carbocycles. The van der Waals surface area contributed by atoms with Gasteiger partial charge in [0.1, 0.15) is 90.2 Å². The van der Waals surface area contributed by atoms with Crippen LogP contribution in [0.4, 0.5) is 0 Å². The highest BCUT2D eigenvalue weighted by molar-refractivity contribution is 5.89. The fourth-order valence-electron chi connectivity index (χ4n) is 15.4. The first-order valence-corrected chi connectivity index (χ1v) is 36.3. The zero-order valence-electron chi connectivity index (χ0n) is 58.1. The molecule has 24 atom stereocenters. The van der Waals surface area contributed by atoms with E-state index in [0.29, 0.717) is 41.4 Å². The standard InChI is InChI=1S/C75H96N2O27/c1-38-27-44(31-53(64(38)104-73-62(86)61(85)57(81)39(2)95-73)100-75-67(103-70(90)41-17-7-4-8-18-41)66(60(84)56(35-79)102-75)96-54(69(89)77-25-14-26-77)28-40-15-5-3-6-16-40)48(80)21-13-24-76-68(88)45-32-51(93-36-46-29-42-19-9-11-22-49(42)97-71(46)91)58(82)52(33-45)99-74-63(87)65(59(83)55(34-78)101-74)94-37-47-30-43-20-10-12-23-50(43)98-72(47)92/h4,7-12,17-20,22-23,29-30,38-40,44-45,51-67,73-75,78-79,81-87H,3,5-6,13-16,21,24-28,31-37H2,1-2H3,(H,76,88)/t38-,39?,44?,45+,51?,52-,53-,54+,55?,56+,57-,58?,59+,60+,61+,62?,63?,64?,65-,66?,67?,73+,74-,75-/m1/s1. The fourth-order valence-corrected chi connectivity index (χ4v) is 15.4. The molecule has 6 heterocycles. The number of Topliss-reactive ketones (excluding diaryl/α,β-unsaturated/α-hetero) is 1. The van der Waals surface area contributed by atoms with E-state index in [9.17, 15) is 74.7 Å². The van der Waals surface area contributed by atoms with Crippen LogP contribution in [0.1, 0.15) is 119 Å². The minimum Gasteiger partial charge on any atom is -0.450 e. The van der Waals surface area contributed by atoms with Crippen LogP contribution in [0, 0.1) is 23.7 Å². The predicted molar refractivity (Wildman–Crippen MR) is 363 cm³/mol. The molecule has 10 unspecified atom stereocenters. The largest absolute Gasteiger partial charge is 0.450 e. The summed E-state index contributed by atoms with van der Waals surface area (Å²) < 4.78 is 74.1. The summed E-state index contributed by atoms with van der Waals surface area (Å²) in [7, 11) is 0. The van der Waals surface area contributed by atoms with E-state index in [2.05, 4.69) is 5.32 Å². The number of benzene rings is 3. The second-order valence-corrected chi connectivity index (χ2v) is 28.8. The van der Waals surface area contributed by atoms with Gasteiger partial charge in [-0.05, 0) is 100 Å². The smallest absolute Gasteiger partial charge is 0.341 e. The van der Waals surface area contributed by atoms with E-state index in [-0.39, 0.29) is 86.0 Å². The summed E-state index contributed by atoms with van der Waals surface area (Å²) in [5, 5.41) is 106. The molecule has 7 aliphatic rings. The molecule has 29 heteroatoms. The number of aliphatic hydroxyl groups excluding tert-OH is 9. The Bertz CT molecular complexity index is 3810. The minimum atomic E-state index is -1.82. The molecule has 2 amide bonds. The maximum atomic E-state index is 14.7. The van der Waals surface area contributed by atoms with Gasteiger partial charge in [-0.2, -0.15) is 0 Å². The molecule has 10 N–H and O–H groups in total. The number of likely N-dealkylation sites (tertiary alicyclic amines) is 1. The van der Waals surface area contributed by atoms with Gasteiger partial charge in [0.2, 0.25) is 5.91 Å². The van der Waals surface area contributed by atoms with Crippen LogP contribution in [0.15, 0.2) is 109 Å². The Morgan fingerprint density at radius 3 is 1.80 bits per heavy atom. The lowest BCUT2D eigenvalue weighted by atomic mass is 9.75. The van der Waals surface area contributed by atoms with E-state index in [1.54, 1.807) is 90.7 Å². The highest BCUT2D eigenvalue weighted by Crippen LogP contribution is 2.41. The van der Waals surface area contributed by atoms with Gasteiger partial charge in [0.05, 0.1) is 73.6 Å². The summed E-state index contributed by atoms with van der Waals surface area (Å²) >= 11 is 0. The number of rotatable bonds is 27. The Balaban J connectivity index is 0.756. The van der Waals surface area contributed by atoms with Crippen LogP contribution < -0.4 is 16.6 Å². The van der Waals surface area contributed by atoms with E-state index in [0.717, 1.165) is 38.5 Å². The molecule has 4 saturated heterocycles. The summed E-state index contributed by atoms with van der Waals surface area (Å²) in [5.74, 6) is -4.28. The molecule has 0 spiro atoms. The third-order valence-electron chi connectivity index (χ3n) is 21.6. The van der Waals surface area contributed by atoms with Gasteiger partial charge in [-0.1, -0.05) is 93.6 Å². The van der Waals surface area contributed by atoms with E-state index < -0.39 is 189 Å². The van der Waals surface area contributed by atoms with Crippen molar-refractivity contribution in [3.63, 3.8) is 0 Å². The first kappa shape index (κ1) is 77.1. The molecular weight excluding hydrogens is 1360 g/mol. The Morgan fingerprint density at radius 1 is 0.567 bits per heavy atom. The molecule has 568 valence electrons. The van der Waals surface area contributed by atoms with Crippen molar-refractivity contribution in [1.29, 1.82) is 0 Å². The van der Waals surface area contributed by atoms with E-state index in [4.69, 9.17) is 56.2 Å². The second kappa shape index (κ2) is 35.0. The third-order valence-corrected chi connectivity index (χ3v) is 21.6. The van der Waals surface area contributed by atoms with Gasteiger partial charge >= 0.3 is 17.2 Å². The number of nitrogens with one attached hydrogen (secondary N) is 1. The SMILES string of the molecule is CC1O[C@@H](OC2[C@H](C)CC(C(=O)CCCNC(=O)[C@H]3CC(OCc4cc5ccccc5oc4=O)C(O)[C@H](O[C@@H]4OC(CO)[C@H](O)[C@@H](OCc5cc6ccccc6oc5=O)C4O)C3)C[C@H]2O[C@@H]2O[C@@H](CO)[C@H](O)C(O[C@@H](CC3CCCCC3)C(=O)N3CCC3)C2OC(=O)c2ccccc2)C(O)[C@@H](O)[C@@H]1O. The maximum Gasteiger partial charge on any atom is 0.341 e. The number of ketones is 1. The van der Waals surface area contributed by atoms with Crippen LogP contribution in [0.2, 0.25) is 0 Å². The highest BCUT2D eigenvalue weighted by atomic mass is 16.8. The van der Waals surface area contributed by atoms with Crippen molar-refractivity contribution >= 4 is 45.5 Å². The van der Waals surface area contributed by atoms with Crippen LogP contribution in [0.3, 0.4) is 0 Å². The monoisotopic (exact) mass is 1460 g/mol. The number of hydrogen-bond acceptors (Lipinski definition) is 27. The summed E-state index contributed by atoms with van der Waals surface area (Å²) in [6, 6.07) is 24.7. The number of ether oxygens (including phenoxy) is 10. The quantitative estimate of drug-likeness (QED) is 0.0205. The van der Waals surface area contributed by atoms with E-state index >= 15 is 0 Å². The van der Waals surface area contributed by atoms with Gasteiger partial charge in [-0.15, -0.1) is 0 Å². The van der Waals surface area contributed by atoms with Gasteiger partial charge < -0.3 is 112 Å². The van der Waals surface area contributed by atoms with Gasteiger partial charge in [-0.25, -0.2) is 14.4 Å². The van der Waals surface area contributed by atoms with Gasteiger partial charge in [0.15, 0.2) is 25.0 Å². The van der Waals surface area contributed by atoms with Crippen LogP contribution in [0.25, 0.3) is 21.9 Å². The fraction of sp³-hybridized carbons (Fsp3) is 0.627. The van der Waals surface area contributed by atoms with Crippen molar-refractivity contribution in [3.8, 4) is 0 Å². The van der Waals surface area contributed by atoms with Crippen LogP contribution in [-0.4, -0.2) is 236 Å². The number of amides is 2. The van der Waals surface area contributed by atoms with Crippen LogP contribution in [-0.2, 0) is 75.0 Å². The second-order valence-electron chi connectivity index (χ2n) is 28.8. The molecule has 3 aliphatic carbocycles. The van der Waals surface area contributed by atoms with Crippen molar-refractivity contribution in [2.75, 3.05) is 32.8 Å². The molecular formula is C75H96N2O27. The molecule has 2 aromatic heterocycles. The minimum absolute atomic E-state index is 0.0518. The Labute approximate surface area is 599 Å². The summed E-state index contributed by atoms with van der Waals surface area (Å²) in [6.07, 6.45) is -25.6. The zero-order valence-corrected chi connectivity index (χ0v) is 58.1. The van der Waals surface area contributed by atoms with Gasteiger partial charge in [-0.3, -0.25) is 14.4 Å². The Morgan fingerprint density at radius 2 is 1.15 bits per heavy atom. The molecule has 12 rings (SSSR count). The maximum absolute atomic E-state index is 14.7. The van der Waals surface area contributed by atoms with Crippen molar-refractivity contribution in [1.82, 2.24) is 10.2 Å². The first-order valence-electron chi connectivity index (χ1n) is 36.3. The number of hydrogen-bond donors (Lipinski definition) is 10. The predicted octanol–water partition coefficient (Wildman–Crippen LogP) is 2.33. The number of fused-ring (bicyclic) bond motifs is 2. The van der Waals surface area contributed by atoms with Crippen molar-refractivity contribution in [3.05, 3.63) is 129 Å². The lowest BCUT2D eigenvalue weighted by Crippen LogP contribution is -2.64. The van der Waals surface area contributed by atoms with Gasteiger partial charge in [0.25, 0.3) is 5.91 Å². The first-order chi connectivity index (χ1) is 50.1. The van der Waals surface area contributed by atoms with Crippen LogP contribution >= 0.6 is 0 Å². The molecule has 0 bridgehead atoms. The van der Waals surface area contributed by atoms with E-state index in [1.165, 1.54) is 19.1 Å². The highest BCUT2D eigenvalue weighted by Gasteiger charge is 2.55. The van der Waals surface area contributed by atoms with Crippen molar-refractivity contribution < 1.29 is 121 Å². The topological polar surface area (TPSA) is 418 Å². The van der Waals surface area contributed by atoms with Crippen molar-refractivity contribution in [2.45, 2.75) is 239 Å². The lowest BCUT2D eigenvalue weighted by Gasteiger charge is -2.48. The number of aliphatic hydroxyl groups is 9. The number of carbonyl (C=O) groups is 4. The third kappa shape index (κ3) is 17.8. The van der Waals surface area contributed by atoms with E-state index in [1.807, 2.05) is 0 Å². The number of para-hydroxylation sites is 2. The molecule has 104 heavy (non-hydrogen) atoms. The summed E-state index contributed by atoms with van der Waals surface area (Å²) in [6.45, 7) is 1.82. The average Bonchev–Trinajstić information content (AvgIpc) is 0.791. The summed E-state index contributed by atoms with van der Waals surface area (Å²) in [5.41, 5.74) is -0.504. The molecule has 4 aliphatic heterocycles. The Kier molecular flexibility index (Phi) is 25.9. The molecule has 29 nitrogen and oxygen atoms in total. The zero-order chi connectivity index (χ0) is 73.5. The average molecular weight is 1460 g/mol. The molecule has 3 saturated carbocycles. The normalized spacial score (nSPS) is 34.5. The lowest BCUT2D eigenvalue weighted by molar-refractivity contribution is -0.349. The van der Waals surface area contributed by atoms with Gasteiger partial charge in [0, 0.05) is 48.7 Å². The number of esters is 1. The number of nitrogens with zero attached hydrogens (tertiary/aromatic N) is 1. The molecule has 5 aromatic rings. The molecule has 7 fully saturated rings. The van der Waals surface area contributed by atoms with Crippen molar-refractivity contribution in [2.24, 2.45) is 23.7 Å². The van der Waals surface area contributed by atoms with Crippen LogP contribution in [0.5, 0.6) is 0 Å². The molecule has 0 radical (unpaired) electrons. The number of carbonyl (C=O) groups excluding carboxylic acids is 4. The summed E-state index contributed by atoms with van der Waals surface area (Å²) in [4.78, 5) is 85.7.